The Kier molecular flexibility index (Phi) is 4.17. The average Bonchev–Trinajstić information content (AvgIpc) is 2.81. The fraction of sp³-hybridized carbons (Fsp3) is 0.333. The predicted octanol–water partition coefficient (Wildman–Crippen LogP) is 2.90. The van der Waals surface area contributed by atoms with Crippen molar-refractivity contribution in [2.75, 3.05) is 12.3 Å². The maximum atomic E-state index is 6.05. The summed E-state index contributed by atoms with van der Waals surface area (Å²) in [6, 6.07) is 5.11. The first-order valence-electron chi connectivity index (χ1n) is 5.66. The monoisotopic (exact) mass is 267 g/mol. The maximum absolute atomic E-state index is 6.05. The van der Waals surface area contributed by atoms with Gasteiger partial charge in [-0.3, -0.25) is 0 Å². The second-order valence-electron chi connectivity index (χ2n) is 3.81. The molecule has 0 radical (unpaired) electrons. The minimum absolute atomic E-state index is 0.331. The van der Waals surface area contributed by atoms with E-state index in [2.05, 4.69) is 10.1 Å². The lowest BCUT2D eigenvalue weighted by molar-refractivity contribution is 0.114. The van der Waals surface area contributed by atoms with Crippen molar-refractivity contribution in [2.45, 2.75) is 20.0 Å². The van der Waals surface area contributed by atoms with Gasteiger partial charge in [0.2, 0.25) is 0 Å². The summed E-state index contributed by atoms with van der Waals surface area (Å²) in [6.07, 6.45) is 0.950. The minimum Gasteiger partial charge on any atom is -0.399 e. The van der Waals surface area contributed by atoms with Gasteiger partial charge in [0.15, 0.2) is 5.82 Å². The Hall–Kier alpha value is -1.59. The van der Waals surface area contributed by atoms with Crippen molar-refractivity contribution < 1.29 is 9.26 Å². The molecule has 6 heteroatoms. The first-order chi connectivity index (χ1) is 8.70. The van der Waals surface area contributed by atoms with Gasteiger partial charge in [0.25, 0.3) is 5.89 Å². The molecule has 1 aromatic carbocycles. The lowest BCUT2D eigenvalue weighted by atomic mass is 10.2. The number of nitrogens with zero attached hydrogens (tertiary/aromatic N) is 2. The Morgan fingerprint density at radius 2 is 2.28 bits per heavy atom. The van der Waals surface area contributed by atoms with Gasteiger partial charge < -0.3 is 15.0 Å². The highest BCUT2D eigenvalue weighted by Gasteiger charge is 2.12. The number of nitrogens with two attached hydrogens (primary N) is 1. The number of halogens is 1. The van der Waals surface area contributed by atoms with Crippen LogP contribution in [0.3, 0.4) is 0 Å². The van der Waals surface area contributed by atoms with Crippen molar-refractivity contribution in [1.82, 2.24) is 10.1 Å². The number of benzene rings is 1. The van der Waals surface area contributed by atoms with Crippen molar-refractivity contribution >= 4 is 17.3 Å². The summed E-state index contributed by atoms with van der Waals surface area (Å²) in [5.74, 6) is 0.847. The largest absolute Gasteiger partial charge is 0.399 e. The zero-order valence-corrected chi connectivity index (χ0v) is 10.8. The molecular weight excluding hydrogens is 254 g/mol. The summed E-state index contributed by atoms with van der Waals surface area (Å²) in [6.45, 7) is 3.04. The minimum atomic E-state index is 0.331. The van der Waals surface area contributed by atoms with Crippen LogP contribution in [0.5, 0.6) is 0 Å². The van der Waals surface area contributed by atoms with E-state index in [1.54, 1.807) is 18.2 Å². The van der Waals surface area contributed by atoms with E-state index in [0.29, 0.717) is 41.2 Å². The summed E-state index contributed by atoms with van der Waals surface area (Å²) in [5.41, 5.74) is 6.92. The highest BCUT2D eigenvalue weighted by Crippen LogP contribution is 2.28. The molecular formula is C12H14ClN3O2. The summed E-state index contributed by atoms with van der Waals surface area (Å²) in [4.78, 5) is 4.21. The molecule has 0 unspecified atom stereocenters. The molecule has 0 aliphatic carbocycles. The van der Waals surface area contributed by atoms with Crippen LogP contribution in [0, 0.1) is 0 Å². The van der Waals surface area contributed by atoms with Gasteiger partial charge in [0.05, 0.1) is 10.6 Å². The third kappa shape index (κ3) is 3.00. The van der Waals surface area contributed by atoms with Gasteiger partial charge in [0, 0.05) is 12.3 Å². The molecule has 2 aromatic rings. The second kappa shape index (κ2) is 5.84. The Balaban J connectivity index is 2.16. The Labute approximate surface area is 110 Å². The summed E-state index contributed by atoms with van der Waals surface area (Å²) in [7, 11) is 0. The van der Waals surface area contributed by atoms with Crippen molar-refractivity contribution in [3.63, 3.8) is 0 Å². The van der Waals surface area contributed by atoms with Crippen LogP contribution in [-0.4, -0.2) is 16.7 Å². The maximum Gasteiger partial charge on any atom is 0.259 e. The summed E-state index contributed by atoms with van der Waals surface area (Å²) >= 11 is 6.05. The molecule has 0 aliphatic rings. The number of anilines is 1. The van der Waals surface area contributed by atoms with E-state index in [9.17, 15) is 0 Å². The number of ether oxygens (including phenoxy) is 1. The molecule has 18 heavy (non-hydrogen) atoms. The molecule has 0 bridgehead atoms. The van der Waals surface area contributed by atoms with Gasteiger partial charge >= 0.3 is 0 Å². The number of hydrogen-bond donors (Lipinski definition) is 1. The van der Waals surface area contributed by atoms with Crippen molar-refractivity contribution in [3.05, 3.63) is 29.0 Å². The Morgan fingerprint density at radius 1 is 1.44 bits per heavy atom. The van der Waals surface area contributed by atoms with Crippen LogP contribution in [-0.2, 0) is 11.3 Å². The standard InChI is InChI=1S/C12H14ClN3O2/c1-2-5-17-7-11-15-12(18-16-11)9-6-8(14)3-4-10(9)13/h3-4,6H,2,5,7,14H2,1H3. The number of rotatable bonds is 5. The Bertz CT molecular complexity index is 528. The van der Waals surface area contributed by atoms with Crippen molar-refractivity contribution in [3.8, 4) is 11.5 Å². The molecule has 0 saturated carbocycles. The molecule has 2 rings (SSSR count). The number of hydrogen-bond acceptors (Lipinski definition) is 5. The quantitative estimate of drug-likeness (QED) is 0.666. The van der Waals surface area contributed by atoms with Gasteiger partial charge in [-0.1, -0.05) is 23.7 Å². The van der Waals surface area contributed by atoms with Crippen LogP contribution in [0.15, 0.2) is 22.7 Å². The molecule has 1 aromatic heterocycles. The van der Waals surface area contributed by atoms with Gasteiger partial charge in [-0.15, -0.1) is 0 Å². The molecule has 96 valence electrons. The summed E-state index contributed by atoms with van der Waals surface area (Å²) in [5, 5.41) is 4.35. The van der Waals surface area contributed by atoms with E-state index in [1.165, 1.54) is 0 Å². The van der Waals surface area contributed by atoms with Gasteiger partial charge in [-0.05, 0) is 24.6 Å². The van der Waals surface area contributed by atoms with Gasteiger partial charge in [-0.25, -0.2) is 0 Å². The fourth-order valence-electron chi connectivity index (χ4n) is 1.44. The molecule has 0 atom stereocenters. The van der Waals surface area contributed by atoms with Gasteiger partial charge in [0.1, 0.15) is 6.61 Å². The average molecular weight is 268 g/mol. The van der Waals surface area contributed by atoms with E-state index in [4.69, 9.17) is 26.6 Å². The summed E-state index contributed by atoms with van der Waals surface area (Å²) < 4.78 is 10.5. The van der Waals surface area contributed by atoms with Crippen LogP contribution in [0.2, 0.25) is 5.02 Å². The highest BCUT2D eigenvalue weighted by atomic mass is 35.5. The van der Waals surface area contributed by atoms with E-state index in [-0.39, 0.29) is 0 Å². The molecule has 0 spiro atoms. The first kappa shape index (κ1) is 12.9. The zero-order chi connectivity index (χ0) is 13.0. The van der Waals surface area contributed by atoms with Crippen LogP contribution in [0.4, 0.5) is 5.69 Å². The van der Waals surface area contributed by atoms with Crippen molar-refractivity contribution in [1.29, 1.82) is 0 Å². The Morgan fingerprint density at radius 3 is 3.06 bits per heavy atom. The third-order valence-corrected chi connectivity index (χ3v) is 2.60. The van der Waals surface area contributed by atoms with Crippen LogP contribution in [0.1, 0.15) is 19.2 Å². The second-order valence-corrected chi connectivity index (χ2v) is 4.21. The number of nitrogen functional groups attached to an aromatic ring is 1. The lowest BCUT2D eigenvalue weighted by Crippen LogP contribution is -1.95. The lowest BCUT2D eigenvalue weighted by Gasteiger charge is -1.99. The van der Waals surface area contributed by atoms with Crippen LogP contribution < -0.4 is 5.73 Å². The van der Waals surface area contributed by atoms with Crippen LogP contribution in [0.25, 0.3) is 11.5 Å². The van der Waals surface area contributed by atoms with Crippen LogP contribution >= 0.6 is 11.6 Å². The molecule has 0 saturated heterocycles. The fourth-order valence-corrected chi connectivity index (χ4v) is 1.63. The predicted molar refractivity (Wildman–Crippen MR) is 69.1 cm³/mol. The van der Waals surface area contributed by atoms with E-state index < -0.39 is 0 Å². The molecule has 5 nitrogen and oxygen atoms in total. The van der Waals surface area contributed by atoms with Crippen molar-refractivity contribution in [2.24, 2.45) is 0 Å². The first-order valence-corrected chi connectivity index (χ1v) is 6.04. The zero-order valence-electron chi connectivity index (χ0n) is 10.0. The molecule has 0 aliphatic heterocycles. The molecule has 2 N–H and O–H groups in total. The highest BCUT2D eigenvalue weighted by molar-refractivity contribution is 6.33. The molecule has 1 heterocycles. The SMILES string of the molecule is CCCOCc1noc(-c2cc(N)ccc2Cl)n1. The van der Waals surface area contributed by atoms with Gasteiger partial charge in [-0.2, -0.15) is 4.98 Å². The molecule has 0 amide bonds. The van der Waals surface area contributed by atoms with E-state index >= 15 is 0 Å². The van der Waals surface area contributed by atoms with E-state index in [1.807, 2.05) is 6.92 Å². The normalized spacial score (nSPS) is 10.8. The smallest absolute Gasteiger partial charge is 0.259 e. The topological polar surface area (TPSA) is 74.2 Å². The third-order valence-electron chi connectivity index (χ3n) is 2.27. The number of aromatic nitrogens is 2. The molecule has 0 fully saturated rings. The van der Waals surface area contributed by atoms with E-state index in [0.717, 1.165) is 6.42 Å².